The fraction of sp³-hybridized carbons (Fsp3) is 0.533. The highest BCUT2D eigenvalue weighted by atomic mass is 79.9. The zero-order valence-corrected chi connectivity index (χ0v) is 13.0. The van der Waals surface area contributed by atoms with Gasteiger partial charge in [-0.1, -0.05) is 15.9 Å². The first kappa shape index (κ1) is 13.9. The van der Waals surface area contributed by atoms with Crippen molar-refractivity contribution in [2.75, 3.05) is 13.2 Å². The summed E-state index contributed by atoms with van der Waals surface area (Å²) in [5.41, 5.74) is 2.28. The van der Waals surface area contributed by atoms with Gasteiger partial charge in [-0.3, -0.25) is 4.79 Å². The molecule has 1 aromatic rings. The molecular weight excluding hydrogens is 320 g/mol. The average molecular weight is 339 g/mol. The molecule has 0 spiro atoms. The molecule has 0 aliphatic carbocycles. The molecule has 0 saturated carbocycles. The molecule has 108 valence electrons. The summed E-state index contributed by atoms with van der Waals surface area (Å²) in [7, 11) is 0. The van der Waals surface area contributed by atoms with E-state index in [-0.39, 0.29) is 5.91 Å². The highest BCUT2D eigenvalue weighted by molar-refractivity contribution is 9.10. The van der Waals surface area contributed by atoms with E-state index in [4.69, 9.17) is 4.74 Å². The number of rotatable bonds is 4. The predicted octanol–water partition coefficient (Wildman–Crippen LogP) is 2.14. The molecule has 2 aliphatic heterocycles. The second-order valence-electron chi connectivity index (χ2n) is 5.43. The summed E-state index contributed by atoms with van der Waals surface area (Å²) in [6.07, 6.45) is 3.78. The molecule has 1 saturated heterocycles. The summed E-state index contributed by atoms with van der Waals surface area (Å²) in [5, 5.41) is 6.35. The van der Waals surface area contributed by atoms with E-state index < -0.39 is 0 Å². The molecule has 1 unspecified atom stereocenters. The molecular formula is C15H19BrN2O2. The summed E-state index contributed by atoms with van der Waals surface area (Å²) in [6, 6.07) is 4.47. The monoisotopic (exact) mass is 338 g/mol. The molecule has 0 aromatic heterocycles. The third-order valence-corrected chi connectivity index (χ3v) is 4.35. The van der Waals surface area contributed by atoms with E-state index in [1.54, 1.807) is 0 Å². The van der Waals surface area contributed by atoms with Crippen molar-refractivity contribution in [2.24, 2.45) is 0 Å². The first-order valence-corrected chi connectivity index (χ1v) is 7.96. The minimum atomic E-state index is 0.108. The maximum Gasteiger partial charge on any atom is 0.221 e. The van der Waals surface area contributed by atoms with Gasteiger partial charge in [0.15, 0.2) is 0 Å². The van der Waals surface area contributed by atoms with Crippen molar-refractivity contribution in [2.45, 2.75) is 38.3 Å². The zero-order valence-electron chi connectivity index (χ0n) is 11.4. The molecule has 0 radical (unpaired) electrons. The maximum absolute atomic E-state index is 12.0. The minimum Gasteiger partial charge on any atom is -0.493 e. The van der Waals surface area contributed by atoms with Crippen LogP contribution in [0.2, 0.25) is 0 Å². The van der Waals surface area contributed by atoms with Crippen LogP contribution in [0.3, 0.4) is 0 Å². The summed E-state index contributed by atoms with van der Waals surface area (Å²) in [5.74, 6) is 1.06. The maximum atomic E-state index is 12.0. The summed E-state index contributed by atoms with van der Waals surface area (Å²) < 4.78 is 6.71. The molecule has 0 bridgehead atoms. The number of carbonyl (C=O) groups excluding carboxylic acids is 1. The van der Waals surface area contributed by atoms with E-state index in [9.17, 15) is 4.79 Å². The number of hydrogen-bond acceptors (Lipinski definition) is 3. The molecule has 2 heterocycles. The van der Waals surface area contributed by atoms with Gasteiger partial charge >= 0.3 is 0 Å². The van der Waals surface area contributed by atoms with E-state index >= 15 is 0 Å². The quantitative estimate of drug-likeness (QED) is 0.884. The molecule has 2 aliphatic rings. The fourth-order valence-electron chi connectivity index (χ4n) is 2.90. The molecule has 4 nitrogen and oxygen atoms in total. The Hall–Kier alpha value is -1.07. The highest BCUT2D eigenvalue weighted by Crippen LogP contribution is 2.32. The molecule has 20 heavy (non-hydrogen) atoms. The van der Waals surface area contributed by atoms with Crippen molar-refractivity contribution in [3.8, 4) is 5.75 Å². The zero-order chi connectivity index (χ0) is 13.9. The van der Waals surface area contributed by atoms with Gasteiger partial charge in [0.25, 0.3) is 0 Å². The van der Waals surface area contributed by atoms with Gasteiger partial charge in [-0.25, -0.2) is 0 Å². The summed E-state index contributed by atoms with van der Waals surface area (Å²) in [6.45, 7) is 2.30. The Morgan fingerprint density at radius 3 is 3.20 bits per heavy atom. The van der Waals surface area contributed by atoms with Crippen LogP contribution in [-0.2, 0) is 17.8 Å². The lowest BCUT2D eigenvalue weighted by atomic mass is 10.1. The number of halogens is 1. The Balaban J connectivity index is 1.59. The van der Waals surface area contributed by atoms with Crippen LogP contribution in [0.25, 0.3) is 0 Å². The highest BCUT2D eigenvalue weighted by Gasteiger charge is 2.20. The second kappa shape index (κ2) is 6.14. The molecule has 1 amide bonds. The third-order valence-electron chi connectivity index (χ3n) is 3.90. The van der Waals surface area contributed by atoms with Crippen molar-refractivity contribution in [1.29, 1.82) is 0 Å². The smallest absolute Gasteiger partial charge is 0.221 e. The van der Waals surface area contributed by atoms with Crippen LogP contribution in [0.5, 0.6) is 5.75 Å². The van der Waals surface area contributed by atoms with Gasteiger partial charge in [-0.2, -0.15) is 0 Å². The summed E-state index contributed by atoms with van der Waals surface area (Å²) in [4.78, 5) is 12.0. The Kier molecular flexibility index (Phi) is 4.27. The fourth-order valence-corrected chi connectivity index (χ4v) is 3.45. The Morgan fingerprint density at radius 1 is 1.50 bits per heavy atom. The van der Waals surface area contributed by atoms with Gasteiger partial charge in [0.2, 0.25) is 5.91 Å². The van der Waals surface area contributed by atoms with Crippen molar-refractivity contribution in [1.82, 2.24) is 10.6 Å². The van der Waals surface area contributed by atoms with E-state index in [2.05, 4.69) is 32.6 Å². The molecule has 3 rings (SSSR count). The van der Waals surface area contributed by atoms with Crippen molar-refractivity contribution in [3.63, 3.8) is 0 Å². The molecule has 1 aromatic carbocycles. The second-order valence-corrected chi connectivity index (χ2v) is 6.34. The first-order chi connectivity index (χ1) is 9.72. The molecule has 2 N–H and O–H groups in total. The van der Waals surface area contributed by atoms with E-state index in [0.717, 1.165) is 41.8 Å². The minimum absolute atomic E-state index is 0.108. The van der Waals surface area contributed by atoms with Gasteiger partial charge in [-0.15, -0.1) is 0 Å². The Bertz CT molecular complexity index is 513. The lowest BCUT2D eigenvalue weighted by Crippen LogP contribution is -2.31. The number of hydrogen-bond donors (Lipinski definition) is 2. The summed E-state index contributed by atoms with van der Waals surface area (Å²) >= 11 is 3.52. The van der Waals surface area contributed by atoms with E-state index in [1.807, 2.05) is 6.07 Å². The molecule has 5 heteroatoms. The largest absolute Gasteiger partial charge is 0.493 e. The number of benzene rings is 1. The molecule has 1 fully saturated rings. The number of carbonyl (C=O) groups is 1. The van der Waals surface area contributed by atoms with Crippen LogP contribution in [0.15, 0.2) is 16.6 Å². The van der Waals surface area contributed by atoms with Gasteiger partial charge in [0, 0.05) is 35.5 Å². The molecule has 1 atom stereocenters. The Labute approximate surface area is 127 Å². The van der Waals surface area contributed by atoms with Crippen molar-refractivity contribution >= 4 is 21.8 Å². The van der Waals surface area contributed by atoms with Crippen LogP contribution in [0.1, 0.15) is 30.4 Å². The van der Waals surface area contributed by atoms with Gasteiger partial charge in [0.05, 0.1) is 6.61 Å². The lowest BCUT2D eigenvalue weighted by Gasteiger charge is -2.12. The Morgan fingerprint density at radius 2 is 2.40 bits per heavy atom. The third kappa shape index (κ3) is 3.15. The van der Waals surface area contributed by atoms with Crippen LogP contribution in [0, 0.1) is 0 Å². The predicted molar refractivity (Wildman–Crippen MR) is 80.8 cm³/mol. The number of amides is 1. The van der Waals surface area contributed by atoms with Crippen LogP contribution < -0.4 is 15.4 Å². The van der Waals surface area contributed by atoms with Gasteiger partial charge in [0.1, 0.15) is 5.75 Å². The van der Waals surface area contributed by atoms with Gasteiger partial charge in [-0.05, 0) is 37.1 Å². The normalized spacial score (nSPS) is 20.6. The number of fused-ring (bicyclic) bond motifs is 1. The lowest BCUT2D eigenvalue weighted by molar-refractivity contribution is -0.121. The topological polar surface area (TPSA) is 50.4 Å². The van der Waals surface area contributed by atoms with Crippen LogP contribution in [0.4, 0.5) is 0 Å². The number of ether oxygens (including phenoxy) is 1. The van der Waals surface area contributed by atoms with E-state index in [1.165, 1.54) is 12.0 Å². The number of nitrogens with one attached hydrogen (secondary N) is 2. The van der Waals surface area contributed by atoms with Crippen LogP contribution >= 0.6 is 15.9 Å². The van der Waals surface area contributed by atoms with Crippen molar-refractivity contribution < 1.29 is 9.53 Å². The van der Waals surface area contributed by atoms with Gasteiger partial charge < -0.3 is 15.4 Å². The standard InChI is InChI=1S/C15H19BrN2O2/c16-12-6-10-3-5-20-15(10)11(7-12)9-18-14(19)8-13-2-1-4-17-13/h6-7,13,17H,1-5,8-9H2,(H,18,19). The van der Waals surface area contributed by atoms with Crippen molar-refractivity contribution in [3.05, 3.63) is 27.7 Å². The average Bonchev–Trinajstić information content (AvgIpc) is 3.06. The SMILES string of the molecule is O=C(CC1CCCN1)NCc1cc(Br)cc2c1OCC2. The van der Waals surface area contributed by atoms with Crippen LogP contribution in [-0.4, -0.2) is 25.1 Å². The van der Waals surface area contributed by atoms with E-state index in [0.29, 0.717) is 19.0 Å². The first-order valence-electron chi connectivity index (χ1n) is 7.16.